The Morgan fingerprint density at radius 2 is 2.00 bits per heavy atom. The largest absolute Gasteiger partial charge is 0.451 e. The van der Waals surface area contributed by atoms with Gasteiger partial charge in [0.25, 0.3) is 0 Å². The molecule has 1 aromatic rings. The molecule has 2 heterocycles. The van der Waals surface area contributed by atoms with Crippen LogP contribution in [-0.4, -0.2) is 23.1 Å². The average molecular weight is 260 g/mol. The number of rotatable bonds is 1. The molecule has 1 fully saturated rings. The fourth-order valence-electron chi connectivity index (χ4n) is 2.05. The van der Waals surface area contributed by atoms with Gasteiger partial charge in [0.1, 0.15) is 11.6 Å². The van der Waals surface area contributed by atoms with Crippen molar-refractivity contribution in [3.8, 4) is 0 Å². The maximum Gasteiger partial charge on any atom is 0.451 e. The van der Waals surface area contributed by atoms with E-state index in [-0.39, 0.29) is 17.1 Å². The Labute approximate surface area is 103 Å². The van der Waals surface area contributed by atoms with E-state index in [1.807, 2.05) is 4.90 Å². The van der Waals surface area contributed by atoms with E-state index in [4.69, 9.17) is 5.73 Å². The predicted octanol–water partition coefficient (Wildman–Crippen LogP) is 2.31. The monoisotopic (exact) mass is 260 g/mol. The molecule has 0 radical (unpaired) electrons. The number of hydrogen-bond donors (Lipinski definition) is 1. The highest BCUT2D eigenvalue weighted by Gasteiger charge is 2.37. The summed E-state index contributed by atoms with van der Waals surface area (Å²) < 4.78 is 37.8. The summed E-state index contributed by atoms with van der Waals surface area (Å²) in [6.07, 6.45) is -3.66. The normalized spacial score (nSPS) is 19.3. The second kappa shape index (κ2) is 4.00. The van der Waals surface area contributed by atoms with Gasteiger partial charge in [-0.1, -0.05) is 13.8 Å². The Hall–Kier alpha value is -1.53. The molecule has 0 aromatic carbocycles. The van der Waals surface area contributed by atoms with E-state index in [2.05, 4.69) is 23.8 Å². The van der Waals surface area contributed by atoms with E-state index >= 15 is 0 Å². The molecule has 1 saturated heterocycles. The Bertz CT molecular complexity index is 456. The third-order valence-corrected chi connectivity index (χ3v) is 2.99. The van der Waals surface area contributed by atoms with E-state index in [0.717, 1.165) is 6.42 Å². The van der Waals surface area contributed by atoms with Crippen LogP contribution in [0.1, 0.15) is 26.1 Å². The quantitative estimate of drug-likeness (QED) is 0.842. The molecule has 0 atom stereocenters. The van der Waals surface area contributed by atoms with Gasteiger partial charge in [-0.05, 0) is 11.8 Å². The van der Waals surface area contributed by atoms with E-state index < -0.39 is 12.0 Å². The number of nitrogens with zero attached hydrogens (tertiary/aromatic N) is 3. The molecule has 7 heteroatoms. The maximum absolute atomic E-state index is 12.6. The summed E-state index contributed by atoms with van der Waals surface area (Å²) in [6.45, 7) is 5.49. The van der Waals surface area contributed by atoms with E-state index in [1.165, 1.54) is 6.07 Å². The molecule has 0 aliphatic carbocycles. The maximum atomic E-state index is 12.6. The molecular formula is C11H15F3N4. The third-order valence-electron chi connectivity index (χ3n) is 2.99. The molecule has 0 saturated carbocycles. The minimum atomic E-state index is -4.57. The number of alkyl halides is 3. The smallest absolute Gasteiger partial charge is 0.384 e. The van der Waals surface area contributed by atoms with Crippen molar-refractivity contribution in [1.82, 2.24) is 9.97 Å². The lowest BCUT2D eigenvalue weighted by Gasteiger charge is -2.21. The molecule has 4 nitrogen and oxygen atoms in total. The van der Waals surface area contributed by atoms with Gasteiger partial charge in [-0.2, -0.15) is 13.2 Å². The van der Waals surface area contributed by atoms with Crippen LogP contribution in [0, 0.1) is 5.41 Å². The molecule has 18 heavy (non-hydrogen) atoms. The predicted molar refractivity (Wildman–Crippen MR) is 62.1 cm³/mol. The zero-order valence-electron chi connectivity index (χ0n) is 10.3. The minimum absolute atomic E-state index is 0.0815. The summed E-state index contributed by atoms with van der Waals surface area (Å²) in [4.78, 5) is 8.60. The second-order valence-corrected chi connectivity index (χ2v) is 5.31. The first-order chi connectivity index (χ1) is 8.17. The van der Waals surface area contributed by atoms with E-state index in [0.29, 0.717) is 13.1 Å². The fourth-order valence-corrected chi connectivity index (χ4v) is 2.05. The molecule has 2 N–H and O–H groups in total. The molecule has 0 spiro atoms. The average Bonchev–Trinajstić information content (AvgIpc) is 2.56. The summed E-state index contributed by atoms with van der Waals surface area (Å²) in [5.74, 6) is -1.08. The number of nitrogen functional groups attached to an aromatic ring is 1. The highest BCUT2D eigenvalue weighted by Crippen LogP contribution is 2.34. The molecule has 1 aliphatic rings. The van der Waals surface area contributed by atoms with Crippen LogP contribution in [0.25, 0.3) is 0 Å². The van der Waals surface area contributed by atoms with Crippen LogP contribution in [0.4, 0.5) is 24.8 Å². The molecule has 1 aliphatic heterocycles. The number of nitrogens with two attached hydrogens (primary N) is 1. The summed E-state index contributed by atoms with van der Waals surface area (Å²) >= 11 is 0. The standard InChI is InChI=1S/C11H15F3N4/c1-10(2)3-4-18(6-10)8-5-7(15)16-9(17-8)11(12,13)14/h5H,3-4,6H2,1-2H3,(H2,15,16,17). The van der Waals surface area contributed by atoms with Crippen molar-refractivity contribution in [2.45, 2.75) is 26.4 Å². The molecule has 2 rings (SSSR count). The van der Waals surface area contributed by atoms with Crippen LogP contribution >= 0.6 is 0 Å². The van der Waals surface area contributed by atoms with Crippen molar-refractivity contribution >= 4 is 11.6 Å². The van der Waals surface area contributed by atoms with Crippen molar-refractivity contribution in [3.05, 3.63) is 11.9 Å². The minimum Gasteiger partial charge on any atom is -0.384 e. The van der Waals surface area contributed by atoms with Gasteiger partial charge in [-0.25, -0.2) is 9.97 Å². The molecule has 0 unspecified atom stereocenters. The highest BCUT2D eigenvalue weighted by molar-refractivity contribution is 5.48. The Balaban J connectivity index is 2.32. The molecule has 0 bridgehead atoms. The fraction of sp³-hybridized carbons (Fsp3) is 0.636. The van der Waals surface area contributed by atoms with Crippen molar-refractivity contribution in [3.63, 3.8) is 0 Å². The van der Waals surface area contributed by atoms with Crippen LogP contribution in [0.5, 0.6) is 0 Å². The molecule has 100 valence electrons. The van der Waals surface area contributed by atoms with Crippen molar-refractivity contribution < 1.29 is 13.2 Å². The highest BCUT2D eigenvalue weighted by atomic mass is 19.4. The van der Waals surface area contributed by atoms with Gasteiger partial charge >= 0.3 is 6.18 Å². The van der Waals surface area contributed by atoms with Crippen LogP contribution < -0.4 is 10.6 Å². The van der Waals surface area contributed by atoms with Crippen LogP contribution in [0.2, 0.25) is 0 Å². The van der Waals surface area contributed by atoms with E-state index in [9.17, 15) is 13.2 Å². The van der Waals surface area contributed by atoms with Crippen molar-refractivity contribution in [1.29, 1.82) is 0 Å². The summed E-state index contributed by atoms with van der Waals surface area (Å²) in [7, 11) is 0. The van der Waals surface area contributed by atoms with Gasteiger partial charge in [0, 0.05) is 19.2 Å². The van der Waals surface area contributed by atoms with Gasteiger partial charge in [-0.3, -0.25) is 0 Å². The first-order valence-corrected chi connectivity index (χ1v) is 5.64. The zero-order chi connectivity index (χ0) is 13.6. The van der Waals surface area contributed by atoms with E-state index in [1.54, 1.807) is 0 Å². The van der Waals surface area contributed by atoms with Crippen LogP contribution in [0.15, 0.2) is 6.07 Å². The zero-order valence-corrected chi connectivity index (χ0v) is 10.3. The SMILES string of the molecule is CC1(C)CCN(c2cc(N)nc(C(F)(F)F)n2)C1. The van der Waals surface area contributed by atoms with Gasteiger partial charge in [0.15, 0.2) is 0 Å². The van der Waals surface area contributed by atoms with Gasteiger partial charge in [-0.15, -0.1) is 0 Å². The Morgan fingerprint density at radius 1 is 1.33 bits per heavy atom. The van der Waals surface area contributed by atoms with Gasteiger partial charge < -0.3 is 10.6 Å². The van der Waals surface area contributed by atoms with Crippen LogP contribution in [0.3, 0.4) is 0 Å². The first-order valence-electron chi connectivity index (χ1n) is 5.64. The summed E-state index contributed by atoms with van der Waals surface area (Å²) in [5.41, 5.74) is 5.49. The number of anilines is 2. The van der Waals surface area contributed by atoms with Crippen LogP contribution in [-0.2, 0) is 6.18 Å². The molecular weight excluding hydrogens is 245 g/mol. The number of halogens is 3. The second-order valence-electron chi connectivity index (χ2n) is 5.31. The first kappa shape index (κ1) is 12.9. The molecule has 1 aromatic heterocycles. The Morgan fingerprint density at radius 3 is 2.50 bits per heavy atom. The lowest BCUT2D eigenvalue weighted by atomic mass is 9.93. The number of hydrogen-bond acceptors (Lipinski definition) is 4. The summed E-state index contributed by atoms with van der Waals surface area (Å²) in [5, 5.41) is 0. The van der Waals surface area contributed by atoms with Gasteiger partial charge in [0.05, 0.1) is 0 Å². The summed E-state index contributed by atoms with van der Waals surface area (Å²) in [6, 6.07) is 1.39. The lowest BCUT2D eigenvalue weighted by molar-refractivity contribution is -0.144. The number of aromatic nitrogens is 2. The lowest BCUT2D eigenvalue weighted by Crippen LogP contribution is -2.25. The molecule has 0 amide bonds. The van der Waals surface area contributed by atoms with Crippen molar-refractivity contribution in [2.75, 3.05) is 23.7 Å². The Kier molecular flexibility index (Phi) is 2.87. The third kappa shape index (κ3) is 2.65. The topological polar surface area (TPSA) is 55.0 Å². The van der Waals surface area contributed by atoms with Crippen molar-refractivity contribution in [2.24, 2.45) is 5.41 Å². The van der Waals surface area contributed by atoms with Gasteiger partial charge in [0.2, 0.25) is 5.82 Å².